The van der Waals surface area contributed by atoms with Crippen molar-refractivity contribution < 1.29 is 9.84 Å². The first-order valence-electron chi connectivity index (χ1n) is 7.85. The second-order valence-electron chi connectivity index (χ2n) is 7.09. The Morgan fingerprint density at radius 3 is 2.35 bits per heavy atom. The van der Waals surface area contributed by atoms with E-state index in [2.05, 4.69) is 39.8 Å². The average Bonchev–Trinajstić information content (AvgIpc) is 2.41. The van der Waals surface area contributed by atoms with Crippen LogP contribution in [0, 0.1) is 5.92 Å². The van der Waals surface area contributed by atoms with Gasteiger partial charge in [-0.3, -0.25) is 0 Å². The third-order valence-electron chi connectivity index (χ3n) is 4.45. The molecule has 0 spiro atoms. The molecule has 112 valence electrons. The number of benzene rings is 1. The standard InChI is InChI=1S/C18H28O2/c1-5-13-6-11-16(19)17(12-13)20-15-9-7-14(8-10-15)18(2,3)4/h7-10,13,16-17,19H,5-6,11-12H2,1-4H3. The number of aliphatic hydroxyl groups is 1. The SMILES string of the molecule is CCC1CCC(O)C(Oc2ccc(C(C)(C)C)cc2)C1. The molecule has 0 aromatic heterocycles. The Kier molecular flexibility index (Phi) is 4.74. The maximum atomic E-state index is 10.1. The van der Waals surface area contributed by atoms with Crippen molar-refractivity contribution in [1.82, 2.24) is 0 Å². The Bertz CT molecular complexity index is 416. The van der Waals surface area contributed by atoms with Gasteiger partial charge in [0.05, 0.1) is 6.10 Å². The first-order valence-corrected chi connectivity index (χ1v) is 7.85. The number of hydrogen-bond donors (Lipinski definition) is 1. The van der Waals surface area contributed by atoms with Crippen molar-refractivity contribution in [2.45, 2.75) is 71.0 Å². The molecule has 0 aliphatic heterocycles. The van der Waals surface area contributed by atoms with E-state index >= 15 is 0 Å². The molecule has 0 radical (unpaired) electrons. The molecule has 2 nitrogen and oxygen atoms in total. The van der Waals surface area contributed by atoms with Crippen molar-refractivity contribution in [2.75, 3.05) is 0 Å². The van der Waals surface area contributed by atoms with E-state index in [1.807, 2.05) is 12.1 Å². The van der Waals surface area contributed by atoms with Crippen LogP contribution in [-0.2, 0) is 5.41 Å². The highest BCUT2D eigenvalue weighted by Gasteiger charge is 2.29. The highest BCUT2D eigenvalue weighted by molar-refractivity contribution is 5.31. The summed E-state index contributed by atoms with van der Waals surface area (Å²) in [6, 6.07) is 8.31. The van der Waals surface area contributed by atoms with E-state index in [1.54, 1.807) is 0 Å². The zero-order valence-corrected chi connectivity index (χ0v) is 13.2. The van der Waals surface area contributed by atoms with Gasteiger partial charge in [0.2, 0.25) is 0 Å². The molecule has 1 aliphatic rings. The van der Waals surface area contributed by atoms with E-state index in [0.717, 1.165) is 25.0 Å². The summed E-state index contributed by atoms with van der Waals surface area (Å²) in [5.74, 6) is 1.57. The fraction of sp³-hybridized carbons (Fsp3) is 0.667. The molecule has 1 N–H and O–H groups in total. The molecule has 1 aromatic carbocycles. The molecule has 1 aromatic rings. The Morgan fingerprint density at radius 1 is 1.15 bits per heavy atom. The second-order valence-corrected chi connectivity index (χ2v) is 7.09. The largest absolute Gasteiger partial charge is 0.488 e. The monoisotopic (exact) mass is 276 g/mol. The summed E-state index contributed by atoms with van der Waals surface area (Å²) in [4.78, 5) is 0. The molecular weight excluding hydrogens is 248 g/mol. The molecule has 0 bridgehead atoms. The molecule has 1 saturated carbocycles. The van der Waals surface area contributed by atoms with Gasteiger partial charge in [-0.15, -0.1) is 0 Å². The number of rotatable bonds is 3. The van der Waals surface area contributed by atoms with Crippen LogP contribution in [0.5, 0.6) is 5.75 Å². The lowest BCUT2D eigenvalue weighted by Crippen LogP contribution is -2.38. The highest BCUT2D eigenvalue weighted by Crippen LogP contribution is 2.31. The van der Waals surface area contributed by atoms with Crippen molar-refractivity contribution in [3.05, 3.63) is 29.8 Å². The van der Waals surface area contributed by atoms with Crippen LogP contribution < -0.4 is 4.74 Å². The predicted molar refractivity (Wildman–Crippen MR) is 83.2 cm³/mol. The van der Waals surface area contributed by atoms with Crippen LogP contribution >= 0.6 is 0 Å². The molecular formula is C18H28O2. The first kappa shape index (κ1) is 15.4. The minimum Gasteiger partial charge on any atom is -0.488 e. The maximum Gasteiger partial charge on any atom is 0.125 e. The quantitative estimate of drug-likeness (QED) is 0.891. The van der Waals surface area contributed by atoms with Gasteiger partial charge in [0, 0.05) is 0 Å². The molecule has 0 saturated heterocycles. The minimum absolute atomic E-state index is 0.0470. The molecule has 0 heterocycles. The van der Waals surface area contributed by atoms with Crippen LogP contribution in [0.1, 0.15) is 58.9 Å². The van der Waals surface area contributed by atoms with Gasteiger partial charge >= 0.3 is 0 Å². The zero-order valence-electron chi connectivity index (χ0n) is 13.2. The van der Waals surface area contributed by atoms with Gasteiger partial charge in [0.1, 0.15) is 11.9 Å². The van der Waals surface area contributed by atoms with E-state index in [-0.39, 0.29) is 17.6 Å². The number of aliphatic hydroxyl groups excluding tert-OH is 1. The van der Waals surface area contributed by atoms with Crippen LogP contribution in [0.2, 0.25) is 0 Å². The predicted octanol–water partition coefficient (Wildman–Crippen LogP) is 4.30. The molecule has 3 atom stereocenters. The molecule has 1 fully saturated rings. The fourth-order valence-electron chi connectivity index (χ4n) is 2.90. The van der Waals surface area contributed by atoms with Crippen LogP contribution in [0.3, 0.4) is 0 Å². The zero-order chi connectivity index (χ0) is 14.8. The van der Waals surface area contributed by atoms with Crippen LogP contribution in [-0.4, -0.2) is 17.3 Å². The van der Waals surface area contributed by atoms with E-state index in [1.165, 1.54) is 12.0 Å². The van der Waals surface area contributed by atoms with Gasteiger partial charge in [0.25, 0.3) is 0 Å². The summed E-state index contributed by atoms with van der Waals surface area (Å²) >= 11 is 0. The summed E-state index contributed by atoms with van der Waals surface area (Å²) in [6.07, 6.45) is 3.77. The first-order chi connectivity index (χ1) is 9.40. The lowest BCUT2D eigenvalue weighted by Gasteiger charge is -2.33. The van der Waals surface area contributed by atoms with Gasteiger partial charge in [0.15, 0.2) is 0 Å². The smallest absolute Gasteiger partial charge is 0.125 e. The lowest BCUT2D eigenvalue weighted by atomic mass is 9.84. The van der Waals surface area contributed by atoms with Crippen molar-refractivity contribution in [3.8, 4) is 5.75 Å². The number of hydrogen-bond acceptors (Lipinski definition) is 2. The van der Waals surface area contributed by atoms with Crippen molar-refractivity contribution in [3.63, 3.8) is 0 Å². The molecule has 3 unspecified atom stereocenters. The van der Waals surface area contributed by atoms with E-state index in [0.29, 0.717) is 5.92 Å². The minimum atomic E-state index is -0.319. The summed E-state index contributed by atoms with van der Waals surface area (Å²) in [5.41, 5.74) is 1.47. The average molecular weight is 276 g/mol. The molecule has 20 heavy (non-hydrogen) atoms. The van der Waals surface area contributed by atoms with Crippen LogP contribution in [0.15, 0.2) is 24.3 Å². The lowest BCUT2D eigenvalue weighted by molar-refractivity contribution is -0.0109. The van der Waals surface area contributed by atoms with Gasteiger partial charge in [-0.05, 0) is 48.3 Å². The maximum absolute atomic E-state index is 10.1. The van der Waals surface area contributed by atoms with Gasteiger partial charge in [-0.2, -0.15) is 0 Å². The number of ether oxygens (including phenoxy) is 1. The second kappa shape index (κ2) is 6.17. The normalized spacial score (nSPS) is 27.4. The summed E-state index contributed by atoms with van der Waals surface area (Å²) in [5, 5.41) is 10.1. The highest BCUT2D eigenvalue weighted by atomic mass is 16.5. The molecule has 2 rings (SSSR count). The van der Waals surface area contributed by atoms with Crippen LogP contribution in [0.25, 0.3) is 0 Å². The summed E-state index contributed by atoms with van der Waals surface area (Å²) in [6.45, 7) is 8.84. The van der Waals surface area contributed by atoms with Gasteiger partial charge in [-0.1, -0.05) is 46.2 Å². The van der Waals surface area contributed by atoms with Crippen molar-refractivity contribution >= 4 is 0 Å². The summed E-state index contributed by atoms with van der Waals surface area (Å²) < 4.78 is 6.02. The van der Waals surface area contributed by atoms with E-state index in [9.17, 15) is 5.11 Å². The Hall–Kier alpha value is -1.02. The third kappa shape index (κ3) is 3.76. The topological polar surface area (TPSA) is 29.5 Å². The third-order valence-corrected chi connectivity index (χ3v) is 4.45. The molecule has 0 amide bonds. The Morgan fingerprint density at radius 2 is 1.80 bits per heavy atom. The molecule has 2 heteroatoms. The Balaban J connectivity index is 2.02. The van der Waals surface area contributed by atoms with Crippen molar-refractivity contribution in [1.29, 1.82) is 0 Å². The van der Waals surface area contributed by atoms with Crippen LogP contribution in [0.4, 0.5) is 0 Å². The Labute approximate surface area is 123 Å². The fourth-order valence-corrected chi connectivity index (χ4v) is 2.90. The molecule has 1 aliphatic carbocycles. The van der Waals surface area contributed by atoms with Crippen molar-refractivity contribution in [2.24, 2.45) is 5.92 Å². The van der Waals surface area contributed by atoms with E-state index < -0.39 is 0 Å². The van der Waals surface area contributed by atoms with E-state index in [4.69, 9.17) is 4.74 Å². The van der Waals surface area contributed by atoms with Gasteiger partial charge in [-0.25, -0.2) is 0 Å². The summed E-state index contributed by atoms with van der Waals surface area (Å²) in [7, 11) is 0. The van der Waals surface area contributed by atoms with Gasteiger partial charge < -0.3 is 9.84 Å².